The van der Waals surface area contributed by atoms with E-state index in [1.807, 2.05) is 49.3 Å². The first-order chi connectivity index (χ1) is 15.3. The number of aliphatic hydroxyl groups is 1. The van der Waals surface area contributed by atoms with Crippen molar-refractivity contribution in [3.63, 3.8) is 0 Å². The summed E-state index contributed by atoms with van der Waals surface area (Å²) >= 11 is 6.12. The van der Waals surface area contributed by atoms with Crippen LogP contribution in [0.5, 0.6) is 5.75 Å². The molecule has 0 aliphatic carbocycles. The number of Topliss-reactive ketones (excluding diaryl/α,β-unsaturated/α-hetero) is 1. The van der Waals surface area contributed by atoms with Crippen molar-refractivity contribution in [2.24, 2.45) is 0 Å². The van der Waals surface area contributed by atoms with Crippen LogP contribution in [0.25, 0.3) is 16.5 Å². The Morgan fingerprint density at radius 1 is 1.03 bits per heavy atom. The fourth-order valence-electron chi connectivity index (χ4n) is 3.95. The SMILES string of the molecule is CN(C)CCN1C(=O)C(=O)/C(=C(\O)c2ccc3ccccc3c2)C1c1ccc(O)c(Cl)c1. The van der Waals surface area contributed by atoms with E-state index < -0.39 is 17.7 Å². The van der Waals surface area contributed by atoms with Gasteiger partial charge in [0.1, 0.15) is 11.5 Å². The van der Waals surface area contributed by atoms with Crippen molar-refractivity contribution in [1.29, 1.82) is 0 Å². The molecule has 3 aromatic carbocycles. The molecule has 0 bridgehead atoms. The van der Waals surface area contributed by atoms with Gasteiger partial charge in [-0.05, 0) is 48.6 Å². The Kier molecular flexibility index (Phi) is 5.91. The Hall–Kier alpha value is -3.35. The lowest BCUT2D eigenvalue weighted by Gasteiger charge is -2.26. The molecule has 1 amide bonds. The van der Waals surface area contributed by atoms with Crippen LogP contribution in [0.4, 0.5) is 0 Å². The largest absolute Gasteiger partial charge is 0.507 e. The van der Waals surface area contributed by atoms with E-state index in [0.29, 0.717) is 17.7 Å². The van der Waals surface area contributed by atoms with Gasteiger partial charge in [0.05, 0.1) is 16.6 Å². The van der Waals surface area contributed by atoms with Gasteiger partial charge in [0.2, 0.25) is 0 Å². The minimum absolute atomic E-state index is 0.00536. The lowest BCUT2D eigenvalue weighted by atomic mass is 9.94. The number of amides is 1. The molecule has 1 unspecified atom stereocenters. The highest BCUT2D eigenvalue weighted by atomic mass is 35.5. The summed E-state index contributed by atoms with van der Waals surface area (Å²) in [5.74, 6) is -1.77. The van der Waals surface area contributed by atoms with E-state index in [9.17, 15) is 19.8 Å². The summed E-state index contributed by atoms with van der Waals surface area (Å²) in [6.07, 6.45) is 0. The summed E-state index contributed by atoms with van der Waals surface area (Å²) in [6.45, 7) is 0.820. The molecule has 1 heterocycles. The highest BCUT2D eigenvalue weighted by molar-refractivity contribution is 6.46. The molecule has 2 N–H and O–H groups in total. The number of carbonyl (C=O) groups is 2. The molecule has 3 aromatic rings. The van der Waals surface area contributed by atoms with Gasteiger partial charge in [-0.25, -0.2) is 0 Å². The van der Waals surface area contributed by atoms with Crippen LogP contribution in [0.1, 0.15) is 17.2 Å². The topological polar surface area (TPSA) is 81.1 Å². The van der Waals surface area contributed by atoms with Gasteiger partial charge < -0.3 is 20.0 Å². The van der Waals surface area contributed by atoms with Crippen LogP contribution in [-0.4, -0.2) is 58.9 Å². The molecule has 1 atom stereocenters. The number of nitrogens with zero attached hydrogens (tertiary/aromatic N) is 2. The Labute approximate surface area is 190 Å². The van der Waals surface area contributed by atoms with Gasteiger partial charge in [0, 0.05) is 18.7 Å². The van der Waals surface area contributed by atoms with E-state index in [1.165, 1.54) is 17.0 Å². The monoisotopic (exact) mass is 450 g/mol. The zero-order valence-corrected chi connectivity index (χ0v) is 18.5. The second-order valence-electron chi connectivity index (χ2n) is 8.07. The summed E-state index contributed by atoms with van der Waals surface area (Å²) in [5, 5.41) is 23.1. The van der Waals surface area contributed by atoms with E-state index >= 15 is 0 Å². The molecule has 0 spiro atoms. The normalized spacial score (nSPS) is 18.1. The number of rotatable bonds is 5. The van der Waals surface area contributed by atoms with E-state index in [-0.39, 0.29) is 28.6 Å². The fourth-order valence-corrected chi connectivity index (χ4v) is 4.14. The molecule has 1 fully saturated rings. The highest BCUT2D eigenvalue weighted by Crippen LogP contribution is 2.41. The predicted molar refractivity (Wildman–Crippen MR) is 125 cm³/mol. The Morgan fingerprint density at radius 3 is 2.44 bits per heavy atom. The highest BCUT2D eigenvalue weighted by Gasteiger charge is 2.46. The molecule has 1 aliphatic rings. The summed E-state index contributed by atoms with van der Waals surface area (Å²) in [5.41, 5.74) is 0.989. The van der Waals surface area contributed by atoms with Gasteiger partial charge in [-0.1, -0.05) is 54.1 Å². The van der Waals surface area contributed by atoms with Crippen molar-refractivity contribution in [2.45, 2.75) is 6.04 Å². The average Bonchev–Trinajstić information content (AvgIpc) is 3.03. The number of phenols is 1. The predicted octanol–water partition coefficient (Wildman–Crippen LogP) is 4.18. The second-order valence-corrected chi connectivity index (χ2v) is 8.48. The second kappa shape index (κ2) is 8.65. The van der Waals surface area contributed by atoms with Crippen molar-refractivity contribution in [2.75, 3.05) is 27.2 Å². The Bertz CT molecular complexity index is 1250. The van der Waals surface area contributed by atoms with E-state index in [1.54, 1.807) is 18.2 Å². The molecular weight excluding hydrogens is 428 g/mol. The van der Waals surface area contributed by atoms with E-state index in [2.05, 4.69) is 0 Å². The van der Waals surface area contributed by atoms with Gasteiger partial charge in [-0.3, -0.25) is 9.59 Å². The maximum Gasteiger partial charge on any atom is 0.295 e. The number of likely N-dealkylation sites (tertiary alicyclic amines) is 1. The summed E-state index contributed by atoms with van der Waals surface area (Å²) in [6, 6.07) is 16.8. The molecule has 1 aliphatic heterocycles. The van der Waals surface area contributed by atoms with Gasteiger partial charge in [-0.2, -0.15) is 0 Å². The zero-order valence-electron chi connectivity index (χ0n) is 17.7. The summed E-state index contributed by atoms with van der Waals surface area (Å²) in [4.78, 5) is 29.4. The number of aromatic hydroxyl groups is 1. The number of hydrogen-bond acceptors (Lipinski definition) is 5. The minimum Gasteiger partial charge on any atom is -0.507 e. The Morgan fingerprint density at radius 2 is 1.75 bits per heavy atom. The van der Waals surface area contributed by atoms with Gasteiger partial charge in [-0.15, -0.1) is 0 Å². The Balaban J connectivity index is 1.88. The molecule has 164 valence electrons. The number of halogens is 1. The van der Waals surface area contributed by atoms with Crippen LogP contribution >= 0.6 is 11.6 Å². The fraction of sp³-hybridized carbons (Fsp3) is 0.200. The van der Waals surface area contributed by atoms with Crippen molar-refractivity contribution in [1.82, 2.24) is 9.80 Å². The van der Waals surface area contributed by atoms with Crippen molar-refractivity contribution in [3.05, 3.63) is 82.4 Å². The standard InChI is InChI=1S/C25H23ClN2O4/c1-27(2)11-12-28-22(17-9-10-20(29)19(26)14-17)21(24(31)25(28)32)23(30)18-8-7-15-5-3-4-6-16(15)13-18/h3-10,13-14,22,29-30H,11-12H2,1-2H3/b23-21-. The third-order valence-electron chi connectivity index (χ3n) is 5.64. The lowest BCUT2D eigenvalue weighted by molar-refractivity contribution is -0.140. The molecule has 7 heteroatoms. The van der Waals surface area contributed by atoms with Crippen LogP contribution in [0.2, 0.25) is 5.02 Å². The number of hydrogen-bond donors (Lipinski definition) is 2. The third kappa shape index (κ3) is 3.95. The smallest absolute Gasteiger partial charge is 0.295 e. The van der Waals surface area contributed by atoms with Crippen LogP contribution in [-0.2, 0) is 9.59 Å². The first-order valence-electron chi connectivity index (χ1n) is 10.2. The first kappa shape index (κ1) is 21.9. The number of phenolic OH excluding ortho intramolecular Hbond substituents is 1. The maximum absolute atomic E-state index is 13.1. The number of aliphatic hydroxyl groups excluding tert-OH is 1. The lowest BCUT2D eigenvalue weighted by Crippen LogP contribution is -2.35. The number of ketones is 1. The molecule has 4 rings (SSSR count). The molecule has 0 saturated carbocycles. The molecular formula is C25H23ClN2O4. The van der Waals surface area contributed by atoms with E-state index in [0.717, 1.165) is 10.8 Å². The molecule has 32 heavy (non-hydrogen) atoms. The van der Waals surface area contributed by atoms with Crippen LogP contribution in [0.15, 0.2) is 66.2 Å². The number of benzene rings is 3. The molecule has 0 aromatic heterocycles. The molecule has 6 nitrogen and oxygen atoms in total. The van der Waals surface area contributed by atoms with Crippen molar-refractivity contribution in [3.8, 4) is 5.75 Å². The van der Waals surface area contributed by atoms with Crippen molar-refractivity contribution >= 4 is 39.8 Å². The van der Waals surface area contributed by atoms with Crippen molar-refractivity contribution < 1.29 is 19.8 Å². The van der Waals surface area contributed by atoms with Crippen LogP contribution in [0.3, 0.4) is 0 Å². The van der Waals surface area contributed by atoms with Gasteiger partial charge in [0.15, 0.2) is 0 Å². The number of fused-ring (bicyclic) bond motifs is 1. The first-order valence-corrected chi connectivity index (χ1v) is 10.6. The van der Waals surface area contributed by atoms with Gasteiger partial charge in [0.25, 0.3) is 11.7 Å². The quantitative estimate of drug-likeness (QED) is 0.346. The van der Waals surface area contributed by atoms with Crippen LogP contribution in [0, 0.1) is 0 Å². The molecule has 0 radical (unpaired) electrons. The summed E-state index contributed by atoms with van der Waals surface area (Å²) in [7, 11) is 3.75. The molecule has 1 saturated heterocycles. The third-order valence-corrected chi connectivity index (χ3v) is 5.94. The minimum atomic E-state index is -0.820. The number of likely N-dealkylation sites (N-methyl/N-ethyl adjacent to an activating group) is 1. The van der Waals surface area contributed by atoms with Crippen LogP contribution < -0.4 is 0 Å². The maximum atomic E-state index is 13.1. The summed E-state index contributed by atoms with van der Waals surface area (Å²) < 4.78 is 0. The van der Waals surface area contributed by atoms with Gasteiger partial charge >= 0.3 is 0 Å². The zero-order chi connectivity index (χ0) is 23.0. The average molecular weight is 451 g/mol. The van der Waals surface area contributed by atoms with E-state index in [4.69, 9.17) is 11.6 Å². The number of carbonyl (C=O) groups excluding carboxylic acids is 2.